The van der Waals surface area contributed by atoms with E-state index in [-0.39, 0.29) is 12.8 Å². The van der Waals surface area contributed by atoms with Crippen LogP contribution in [0, 0.1) is 0 Å². The normalized spacial score (nSPS) is 22.1. The smallest absolute Gasteiger partial charge is 0.231 e. The maximum Gasteiger partial charge on any atom is 0.231 e. The minimum absolute atomic E-state index is 0.146. The topological polar surface area (TPSA) is 41.9 Å². The summed E-state index contributed by atoms with van der Waals surface area (Å²) in [7, 11) is 0. The number of hydrogen-bond donors (Lipinski definition) is 1. The zero-order valence-corrected chi connectivity index (χ0v) is 10.6. The first kappa shape index (κ1) is 11.8. The molecule has 4 heteroatoms. The standard InChI is InChI=1S/C14H19NO3/c1-10(15-6-2-3-7-15)14(16)11-4-5-12-13(8-11)18-9-17-12/h4-5,8,10,14,16H,2-3,6-7,9H2,1H3/t10-,14+/m0/s1. The highest BCUT2D eigenvalue weighted by atomic mass is 16.7. The fraction of sp³-hybridized carbons (Fsp3) is 0.571. The number of rotatable bonds is 3. The van der Waals surface area contributed by atoms with Crippen LogP contribution in [-0.4, -0.2) is 35.9 Å². The highest BCUT2D eigenvalue weighted by molar-refractivity contribution is 5.45. The van der Waals surface area contributed by atoms with Crippen LogP contribution in [0.1, 0.15) is 31.4 Å². The predicted molar refractivity (Wildman–Crippen MR) is 67.8 cm³/mol. The second-order valence-corrected chi connectivity index (χ2v) is 5.04. The first-order valence-electron chi connectivity index (χ1n) is 6.57. The fourth-order valence-electron chi connectivity index (χ4n) is 2.72. The maximum absolute atomic E-state index is 10.4. The minimum Gasteiger partial charge on any atom is -0.454 e. The Morgan fingerprint density at radius 3 is 2.67 bits per heavy atom. The van der Waals surface area contributed by atoms with Gasteiger partial charge in [-0.3, -0.25) is 4.90 Å². The first-order chi connectivity index (χ1) is 8.75. The predicted octanol–water partition coefficient (Wildman–Crippen LogP) is 1.93. The van der Waals surface area contributed by atoms with E-state index in [0.717, 1.165) is 30.2 Å². The molecule has 0 aliphatic carbocycles. The van der Waals surface area contributed by atoms with Gasteiger partial charge in [0.1, 0.15) is 0 Å². The first-order valence-corrected chi connectivity index (χ1v) is 6.57. The van der Waals surface area contributed by atoms with E-state index in [1.807, 2.05) is 18.2 Å². The molecule has 1 saturated heterocycles. The van der Waals surface area contributed by atoms with Crippen LogP contribution in [0.5, 0.6) is 11.5 Å². The van der Waals surface area contributed by atoms with Crippen molar-refractivity contribution in [2.75, 3.05) is 19.9 Å². The van der Waals surface area contributed by atoms with Crippen LogP contribution >= 0.6 is 0 Å². The van der Waals surface area contributed by atoms with Crippen molar-refractivity contribution in [3.8, 4) is 11.5 Å². The van der Waals surface area contributed by atoms with E-state index in [4.69, 9.17) is 9.47 Å². The van der Waals surface area contributed by atoms with Crippen molar-refractivity contribution in [2.45, 2.75) is 31.9 Å². The monoisotopic (exact) mass is 249 g/mol. The summed E-state index contributed by atoms with van der Waals surface area (Å²) in [5.74, 6) is 1.50. The number of aliphatic hydroxyl groups is 1. The lowest BCUT2D eigenvalue weighted by Crippen LogP contribution is -2.35. The summed E-state index contributed by atoms with van der Waals surface area (Å²) in [5.41, 5.74) is 0.902. The Labute approximate surface area is 107 Å². The SMILES string of the molecule is C[C@@H]([C@@H](O)c1ccc2c(c1)OCO2)N1CCCC1. The quantitative estimate of drug-likeness (QED) is 0.889. The van der Waals surface area contributed by atoms with E-state index >= 15 is 0 Å². The van der Waals surface area contributed by atoms with Crippen LogP contribution in [0.3, 0.4) is 0 Å². The summed E-state index contributed by atoms with van der Waals surface area (Å²) in [6, 6.07) is 5.83. The van der Waals surface area contributed by atoms with Gasteiger partial charge in [-0.15, -0.1) is 0 Å². The number of ether oxygens (including phenoxy) is 2. The fourth-order valence-corrected chi connectivity index (χ4v) is 2.72. The van der Waals surface area contributed by atoms with Gasteiger partial charge in [0, 0.05) is 6.04 Å². The van der Waals surface area contributed by atoms with Crippen molar-refractivity contribution in [3.63, 3.8) is 0 Å². The molecule has 98 valence electrons. The van der Waals surface area contributed by atoms with Crippen LogP contribution in [0.25, 0.3) is 0 Å². The third kappa shape index (κ3) is 2.06. The van der Waals surface area contributed by atoms with E-state index in [1.165, 1.54) is 12.8 Å². The molecule has 4 nitrogen and oxygen atoms in total. The van der Waals surface area contributed by atoms with E-state index in [2.05, 4.69) is 11.8 Å². The van der Waals surface area contributed by atoms with Gasteiger partial charge in [0.2, 0.25) is 6.79 Å². The second kappa shape index (κ2) is 4.78. The Hall–Kier alpha value is -1.26. The molecule has 1 aromatic carbocycles. The van der Waals surface area contributed by atoms with E-state index < -0.39 is 6.10 Å². The number of hydrogen-bond acceptors (Lipinski definition) is 4. The van der Waals surface area contributed by atoms with Crippen LogP contribution in [0.4, 0.5) is 0 Å². The van der Waals surface area contributed by atoms with Crippen molar-refractivity contribution in [3.05, 3.63) is 23.8 Å². The molecular weight excluding hydrogens is 230 g/mol. The molecule has 0 bridgehead atoms. The van der Waals surface area contributed by atoms with Gasteiger partial charge in [-0.1, -0.05) is 6.07 Å². The highest BCUT2D eigenvalue weighted by Crippen LogP contribution is 2.35. The molecule has 1 N–H and O–H groups in total. The largest absolute Gasteiger partial charge is 0.454 e. The molecular formula is C14H19NO3. The molecule has 18 heavy (non-hydrogen) atoms. The van der Waals surface area contributed by atoms with E-state index in [1.54, 1.807) is 0 Å². The molecule has 2 atom stereocenters. The number of benzene rings is 1. The molecule has 0 amide bonds. The lowest BCUT2D eigenvalue weighted by atomic mass is 10.0. The van der Waals surface area contributed by atoms with Gasteiger partial charge in [0.25, 0.3) is 0 Å². The maximum atomic E-state index is 10.4. The van der Waals surface area contributed by atoms with Gasteiger partial charge < -0.3 is 14.6 Å². The number of nitrogens with zero attached hydrogens (tertiary/aromatic N) is 1. The summed E-state index contributed by atoms with van der Waals surface area (Å²) < 4.78 is 10.6. The van der Waals surface area contributed by atoms with Gasteiger partial charge in [-0.2, -0.15) is 0 Å². The van der Waals surface area contributed by atoms with E-state index in [0.29, 0.717) is 0 Å². The Kier molecular flexibility index (Phi) is 3.14. The van der Waals surface area contributed by atoms with Crippen molar-refractivity contribution in [1.29, 1.82) is 0 Å². The molecule has 0 radical (unpaired) electrons. The van der Waals surface area contributed by atoms with Crippen molar-refractivity contribution in [2.24, 2.45) is 0 Å². The Morgan fingerprint density at radius 1 is 1.17 bits per heavy atom. The minimum atomic E-state index is -0.474. The molecule has 2 heterocycles. The Morgan fingerprint density at radius 2 is 1.89 bits per heavy atom. The average molecular weight is 249 g/mol. The highest BCUT2D eigenvalue weighted by Gasteiger charge is 2.26. The average Bonchev–Trinajstić information content (AvgIpc) is 3.06. The van der Waals surface area contributed by atoms with E-state index in [9.17, 15) is 5.11 Å². The number of aliphatic hydroxyl groups excluding tert-OH is 1. The number of likely N-dealkylation sites (tertiary alicyclic amines) is 1. The van der Waals surface area contributed by atoms with Crippen LogP contribution in [0.15, 0.2) is 18.2 Å². The van der Waals surface area contributed by atoms with Gasteiger partial charge in [-0.25, -0.2) is 0 Å². The van der Waals surface area contributed by atoms with Gasteiger partial charge in [0.15, 0.2) is 11.5 Å². The van der Waals surface area contributed by atoms with Crippen LogP contribution in [0.2, 0.25) is 0 Å². The third-order valence-corrected chi connectivity index (χ3v) is 3.91. The molecule has 0 unspecified atom stereocenters. The summed E-state index contributed by atoms with van der Waals surface area (Å²) in [6.07, 6.45) is 1.99. The lowest BCUT2D eigenvalue weighted by molar-refractivity contribution is 0.0714. The molecule has 2 aliphatic heterocycles. The zero-order valence-electron chi connectivity index (χ0n) is 10.6. The second-order valence-electron chi connectivity index (χ2n) is 5.04. The summed E-state index contributed by atoms with van der Waals surface area (Å²) >= 11 is 0. The third-order valence-electron chi connectivity index (χ3n) is 3.91. The van der Waals surface area contributed by atoms with Gasteiger partial charge in [0.05, 0.1) is 6.10 Å². The van der Waals surface area contributed by atoms with Crippen LogP contribution < -0.4 is 9.47 Å². The molecule has 1 fully saturated rings. The molecule has 0 saturated carbocycles. The molecule has 1 aromatic rings. The van der Waals surface area contributed by atoms with Gasteiger partial charge >= 0.3 is 0 Å². The Bertz CT molecular complexity index is 429. The number of fused-ring (bicyclic) bond motifs is 1. The van der Waals surface area contributed by atoms with Crippen LogP contribution in [-0.2, 0) is 0 Å². The lowest BCUT2D eigenvalue weighted by Gasteiger charge is -2.28. The summed E-state index contributed by atoms with van der Waals surface area (Å²) in [6.45, 7) is 4.53. The van der Waals surface area contributed by atoms with Crippen molar-refractivity contribution in [1.82, 2.24) is 4.90 Å². The van der Waals surface area contributed by atoms with Crippen molar-refractivity contribution < 1.29 is 14.6 Å². The molecule has 0 aromatic heterocycles. The molecule has 3 rings (SSSR count). The molecule has 0 spiro atoms. The molecule has 2 aliphatic rings. The van der Waals surface area contributed by atoms with Gasteiger partial charge in [-0.05, 0) is 50.6 Å². The summed E-state index contributed by atoms with van der Waals surface area (Å²) in [4.78, 5) is 2.34. The zero-order chi connectivity index (χ0) is 12.5. The summed E-state index contributed by atoms with van der Waals surface area (Å²) in [5, 5.41) is 10.4. The Balaban J connectivity index is 1.77. The van der Waals surface area contributed by atoms with Crippen molar-refractivity contribution >= 4 is 0 Å².